The normalized spacial score (nSPS) is 11.4. The Morgan fingerprint density at radius 3 is 2.67 bits per heavy atom. The molecule has 0 radical (unpaired) electrons. The van der Waals surface area contributed by atoms with Crippen LogP contribution >= 0.6 is 24.0 Å². The molecule has 0 saturated heterocycles. The van der Waals surface area contributed by atoms with E-state index < -0.39 is 0 Å². The summed E-state index contributed by atoms with van der Waals surface area (Å²) in [4.78, 5) is 7.87. The summed E-state index contributed by atoms with van der Waals surface area (Å²) in [5.74, 6) is 0.419. The first-order chi connectivity index (χ1) is 12.7. The van der Waals surface area contributed by atoms with Crippen LogP contribution in [0.4, 0.5) is 5.69 Å². The highest BCUT2D eigenvalue weighted by atomic mass is 127. The van der Waals surface area contributed by atoms with Crippen LogP contribution < -0.4 is 11.1 Å². The van der Waals surface area contributed by atoms with Gasteiger partial charge in [-0.1, -0.05) is 43.3 Å². The van der Waals surface area contributed by atoms with E-state index in [0.717, 1.165) is 24.1 Å². The highest BCUT2D eigenvalue weighted by Crippen LogP contribution is 2.22. The molecular weight excluding hydrogens is 451 g/mol. The van der Waals surface area contributed by atoms with E-state index in [2.05, 4.69) is 46.6 Å². The van der Waals surface area contributed by atoms with E-state index in [-0.39, 0.29) is 24.0 Å². The average Bonchev–Trinajstić information content (AvgIpc) is 3.07. The first-order valence-electron chi connectivity index (χ1n) is 8.94. The van der Waals surface area contributed by atoms with Crippen LogP contribution in [-0.4, -0.2) is 24.6 Å². The van der Waals surface area contributed by atoms with Crippen LogP contribution in [0.15, 0.2) is 53.7 Å². The lowest BCUT2D eigenvalue weighted by atomic mass is 10.1. The van der Waals surface area contributed by atoms with Crippen molar-refractivity contribution in [1.82, 2.24) is 4.98 Å². The molecular formula is C21H27IN4O. The van der Waals surface area contributed by atoms with Crippen molar-refractivity contribution in [2.75, 3.05) is 19.0 Å². The number of benzene rings is 2. The minimum Gasteiger partial charge on any atom is -0.380 e. The maximum Gasteiger partial charge on any atom is 0.193 e. The SMILES string of the molecule is CCc1cccc2c(CCN=C(N)Nc3ccccc3COC)c[nH]c12.I. The molecule has 0 saturated carbocycles. The number of ether oxygens (including phenoxy) is 1. The maximum atomic E-state index is 6.06. The summed E-state index contributed by atoms with van der Waals surface area (Å²) in [6.45, 7) is 3.34. The van der Waals surface area contributed by atoms with Gasteiger partial charge in [0.15, 0.2) is 5.96 Å². The Bertz CT molecular complexity index is 904. The summed E-state index contributed by atoms with van der Waals surface area (Å²) in [5, 5.41) is 4.45. The molecule has 6 heteroatoms. The van der Waals surface area contributed by atoms with E-state index in [1.54, 1.807) is 7.11 Å². The van der Waals surface area contributed by atoms with Crippen molar-refractivity contribution in [3.8, 4) is 0 Å². The Morgan fingerprint density at radius 2 is 1.89 bits per heavy atom. The van der Waals surface area contributed by atoms with Gasteiger partial charge >= 0.3 is 0 Å². The van der Waals surface area contributed by atoms with Crippen LogP contribution in [0.3, 0.4) is 0 Å². The van der Waals surface area contributed by atoms with Gasteiger partial charge in [-0.25, -0.2) is 0 Å². The number of rotatable bonds is 7. The van der Waals surface area contributed by atoms with Crippen molar-refractivity contribution in [3.05, 3.63) is 65.4 Å². The van der Waals surface area contributed by atoms with E-state index >= 15 is 0 Å². The number of hydrogen-bond donors (Lipinski definition) is 3. The number of hydrogen-bond acceptors (Lipinski definition) is 2. The zero-order valence-electron chi connectivity index (χ0n) is 15.8. The van der Waals surface area contributed by atoms with E-state index in [9.17, 15) is 0 Å². The third kappa shape index (κ3) is 5.23. The minimum absolute atomic E-state index is 0. The number of nitrogens with one attached hydrogen (secondary N) is 2. The van der Waals surface area contributed by atoms with Crippen LogP contribution in [0.2, 0.25) is 0 Å². The van der Waals surface area contributed by atoms with Gasteiger partial charge in [0.1, 0.15) is 0 Å². The summed E-state index contributed by atoms with van der Waals surface area (Å²) in [6.07, 6.45) is 3.94. The standard InChI is InChI=1S/C21H26N4O.HI/c1-3-15-8-6-9-18-16(13-24-20(15)18)11-12-23-21(22)25-19-10-5-4-7-17(19)14-26-2;/h4-10,13,24H,3,11-12,14H2,1-2H3,(H3,22,23,25);1H. The molecule has 0 aliphatic rings. The third-order valence-electron chi connectivity index (χ3n) is 4.51. The molecule has 0 atom stereocenters. The second-order valence-electron chi connectivity index (χ2n) is 6.24. The number of aromatic nitrogens is 1. The number of methoxy groups -OCH3 is 1. The number of nitrogens with two attached hydrogens (primary N) is 1. The summed E-state index contributed by atoms with van der Waals surface area (Å²) in [5.41, 5.74) is 11.9. The largest absolute Gasteiger partial charge is 0.380 e. The quantitative estimate of drug-likeness (QED) is 0.267. The molecule has 3 aromatic rings. The topological polar surface area (TPSA) is 75.4 Å². The smallest absolute Gasteiger partial charge is 0.193 e. The number of aromatic amines is 1. The van der Waals surface area contributed by atoms with Crippen molar-refractivity contribution in [2.45, 2.75) is 26.4 Å². The zero-order valence-corrected chi connectivity index (χ0v) is 18.1. The number of aryl methyl sites for hydroxylation is 1. The van der Waals surface area contributed by atoms with Crippen molar-refractivity contribution < 1.29 is 4.74 Å². The Morgan fingerprint density at radius 1 is 1.11 bits per heavy atom. The lowest BCUT2D eigenvalue weighted by molar-refractivity contribution is 0.185. The molecule has 0 aliphatic carbocycles. The van der Waals surface area contributed by atoms with Gasteiger partial charge in [-0.05, 0) is 30.0 Å². The molecule has 2 aromatic carbocycles. The number of aliphatic imine (C=N–C) groups is 1. The predicted molar refractivity (Wildman–Crippen MR) is 124 cm³/mol. The fourth-order valence-electron chi connectivity index (χ4n) is 3.17. The second-order valence-corrected chi connectivity index (χ2v) is 6.24. The van der Waals surface area contributed by atoms with Crippen LogP contribution in [0.25, 0.3) is 10.9 Å². The molecule has 0 unspecified atom stereocenters. The number of nitrogens with zero attached hydrogens (tertiary/aromatic N) is 1. The molecule has 144 valence electrons. The van der Waals surface area contributed by atoms with E-state index in [1.807, 2.05) is 24.3 Å². The molecule has 1 heterocycles. The fourth-order valence-corrected chi connectivity index (χ4v) is 3.17. The van der Waals surface area contributed by atoms with Crippen molar-refractivity contribution in [3.63, 3.8) is 0 Å². The highest BCUT2D eigenvalue weighted by molar-refractivity contribution is 14.0. The first-order valence-corrected chi connectivity index (χ1v) is 8.94. The van der Waals surface area contributed by atoms with Gasteiger partial charge in [0.05, 0.1) is 6.61 Å². The van der Waals surface area contributed by atoms with Crippen LogP contribution in [0.5, 0.6) is 0 Å². The molecule has 1 aromatic heterocycles. The second kappa shape index (κ2) is 10.3. The van der Waals surface area contributed by atoms with Gasteiger partial charge in [0, 0.05) is 42.0 Å². The van der Waals surface area contributed by atoms with Crippen molar-refractivity contribution in [2.24, 2.45) is 10.7 Å². The number of H-pyrrole nitrogens is 1. The molecule has 5 nitrogen and oxygen atoms in total. The molecule has 0 fully saturated rings. The summed E-state index contributed by atoms with van der Waals surface area (Å²) >= 11 is 0. The van der Waals surface area contributed by atoms with Crippen LogP contribution in [-0.2, 0) is 24.2 Å². The van der Waals surface area contributed by atoms with Gasteiger partial charge in [0.2, 0.25) is 0 Å². The summed E-state index contributed by atoms with van der Waals surface area (Å²) in [7, 11) is 1.68. The summed E-state index contributed by atoms with van der Waals surface area (Å²) < 4.78 is 5.22. The van der Waals surface area contributed by atoms with E-state index in [1.165, 1.54) is 22.0 Å². The van der Waals surface area contributed by atoms with Gasteiger partial charge in [-0.15, -0.1) is 24.0 Å². The van der Waals surface area contributed by atoms with Crippen LogP contribution in [0, 0.1) is 0 Å². The van der Waals surface area contributed by atoms with Gasteiger partial charge in [0.25, 0.3) is 0 Å². The number of fused-ring (bicyclic) bond motifs is 1. The highest BCUT2D eigenvalue weighted by Gasteiger charge is 2.06. The molecule has 0 spiro atoms. The lowest BCUT2D eigenvalue weighted by Crippen LogP contribution is -2.23. The lowest BCUT2D eigenvalue weighted by Gasteiger charge is -2.10. The molecule has 3 rings (SSSR count). The van der Waals surface area contributed by atoms with Crippen molar-refractivity contribution in [1.29, 1.82) is 0 Å². The fraction of sp³-hybridized carbons (Fsp3) is 0.286. The Hall–Kier alpha value is -2.06. The third-order valence-corrected chi connectivity index (χ3v) is 4.51. The summed E-state index contributed by atoms with van der Waals surface area (Å²) in [6, 6.07) is 14.4. The molecule has 0 bridgehead atoms. The predicted octanol–water partition coefficient (Wildman–Crippen LogP) is 4.46. The maximum absolute atomic E-state index is 6.06. The number of para-hydroxylation sites is 2. The minimum atomic E-state index is 0. The monoisotopic (exact) mass is 478 g/mol. The molecule has 4 N–H and O–H groups in total. The van der Waals surface area contributed by atoms with E-state index in [0.29, 0.717) is 19.1 Å². The molecule has 0 aliphatic heterocycles. The van der Waals surface area contributed by atoms with Gasteiger partial charge in [-0.2, -0.15) is 0 Å². The van der Waals surface area contributed by atoms with Crippen LogP contribution in [0.1, 0.15) is 23.6 Å². The number of halogens is 1. The van der Waals surface area contributed by atoms with Gasteiger partial charge < -0.3 is 20.8 Å². The van der Waals surface area contributed by atoms with Gasteiger partial charge in [-0.3, -0.25) is 4.99 Å². The Balaban J connectivity index is 0.00000261. The van der Waals surface area contributed by atoms with Crippen molar-refractivity contribution >= 4 is 46.5 Å². The zero-order chi connectivity index (χ0) is 18.4. The Labute approximate surface area is 177 Å². The number of guanidine groups is 1. The van der Waals surface area contributed by atoms with E-state index in [4.69, 9.17) is 10.5 Å². The average molecular weight is 478 g/mol. The molecule has 0 amide bonds. The Kier molecular flexibility index (Phi) is 8.12. The number of anilines is 1. The molecule has 27 heavy (non-hydrogen) atoms. The first kappa shape index (κ1) is 21.2.